The van der Waals surface area contributed by atoms with Gasteiger partial charge < -0.3 is 9.84 Å². The van der Waals surface area contributed by atoms with Gasteiger partial charge in [-0.1, -0.05) is 61.9 Å². The normalized spacial score (nSPS) is 18.8. The predicted octanol–water partition coefficient (Wildman–Crippen LogP) is 8.77. The molecule has 0 aromatic heterocycles. The van der Waals surface area contributed by atoms with Crippen LogP contribution in [0.4, 0.5) is 13.2 Å². The summed E-state index contributed by atoms with van der Waals surface area (Å²) in [7, 11) is 0. The van der Waals surface area contributed by atoms with Crippen molar-refractivity contribution in [3.63, 3.8) is 0 Å². The Morgan fingerprint density at radius 2 is 1.62 bits per heavy atom. The average molecular weight is 509 g/mol. The van der Waals surface area contributed by atoms with Crippen molar-refractivity contribution in [2.24, 2.45) is 5.92 Å². The van der Waals surface area contributed by atoms with Crippen molar-refractivity contribution in [3.05, 3.63) is 88.7 Å². The van der Waals surface area contributed by atoms with Crippen molar-refractivity contribution in [2.45, 2.75) is 64.4 Å². The third-order valence-electron chi connectivity index (χ3n) is 7.41. The van der Waals surface area contributed by atoms with Crippen LogP contribution in [-0.2, 0) is 0 Å². The summed E-state index contributed by atoms with van der Waals surface area (Å²) in [6.07, 6.45) is 8.08. The van der Waals surface area contributed by atoms with Gasteiger partial charge in [-0.25, -0.2) is 13.2 Å². The fourth-order valence-corrected chi connectivity index (χ4v) is 5.31. The van der Waals surface area contributed by atoms with Crippen LogP contribution < -0.4 is 4.74 Å². The highest BCUT2D eigenvalue weighted by molar-refractivity contribution is 5.73. The lowest BCUT2D eigenvalue weighted by atomic mass is 9.75. The van der Waals surface area contributed by atoms with Crippen LogP contribution in [0.5, 0.6) is 5.75 Å². The summed E-state index contributed by atoms with van der Waals surface area (Å²) in [6, 6.07) is 15.2. The lowest BCUT2D eigenvalue weighted by Crippen LogP contribution is -2.25. The van der Waals surface area contributed by atoms with Gasteiger partial charge in [0.15, 0.2) is 11.6 Å². The largest absolute Gasteiger partial charge is 0.494 e. The molecule has 0 bridgehead atoms. The molecule has 0 saturated heterocycles. The van der Waals surface area contributed by atoms with E-state index in [1.165, 1.54) is 6.07 Å². The van der Waals surface area contributed by atoms with E-state index in [0.717, 1.165) is 44.1 Å². The molecule has 1 aliphatic carbocycles. The zero-order valence-corrected chi connectivity index (χ0v) is 21.5. The first kappa shape index (κ1) is 27.0. The number of benzene rings is 3. The van der Waals surface area contributed by atoms with Crippen molar-refractivity contribution < 1.29 is 23.0 Å². The quantitative estimate of drug-likeness (QED) is 0.293. The first-order valence-electron chi connectivity index (χ1n) is 13.3. The minimum absolute atomic E-state index is 0.0239. The maximum absolute atomic E-state index is 15.1. The predicted molar refractivity (Wildman–Crippen MR) is 144 cm³/mol. The van der Waals surface area contributed by atoms with E-state index in [0.29, 0.717) is 29.0 Å². The zero-order valence-electron chi connectivity index (χ0n) is 21.5. The van der Waals surface area contributed by atoms with Gasteiger partial charge in [-0.05, 0) is 79.7 Å². The van der Waals surface area contributed by atoms with Crippen molar-refractivity contribution in [3.8, 4) is 16.9 Å². The molecule has 37 heavy (non-hydrogen) atoms. The molecule has 196 valence electrons. The highest BCUT2D eigenvalue weighted by atomic mass is 19.2. The Balaban J connectivity index is 1.44. The standard InChI is InChI=1S/C32H35F3O2/c1-3-5-30(36)25-14-12-23(13-15-25)28-19-18-27(31(34)32(28)35)22-9-6-21(7-10-22)8-11-24-16-17-26(37-4-2)20-29(24)33/h6-11,16-20,23,25,30,36H,3-5,12-15H2,1-2H3/b11-8+. The summed E-state index contributed by atoms with van der Waals surface area (Å²) >= 11 is 0. The smallest absolute Gasteiger partial charge is 0.166 e. The second-order valence-corrected chi connectivity index (χ2v) is 9.87. The Morgan fingerprint density at radius 1 is 0.892 bits per heavy atom. The van der Waals surface area contributed by atoms with Crippen LogP contribution in [-0.4, -0.2) is 17.8 Å². The molecule has 0 aliphatic heterocycles. The van der Waals surface area contributed by atoms with Gasteiger partial charge in [-0.15, -0.1) is 0 Å². The molecule has 1 N–H and O–H groups in total. The van der Waals surface area contributed by atoms with Gasteiger partial charge in [-0.2, -0.15) is 0 Å². The lowest BCUT2D eigenvalue weighted by Gasteiger charge is -2.32. The molecule has 1 atom stereocenters. The van der Waals surface area contributed by atoms with Crippen LogP contribution in [0.15, 0.2) is 54.6 Å². The Labute approximate surface area is 217 Å². The Bertz CT molecular complexity index is 1210. The first-order chi connectivity index (χ1) is 17.9. The summed E-state index contributed by atoms with van der Waals surface area (Å²) < 4.78 is 49.8. The molecular weight excluding hydrogens is 473 g/mol. The van der Waals surface area contributed by atoms with Crippen LogP contribution >= 0.6 is 0 Å². The van der Waals surface area contributed by atoms with Gasteiger partial charge in [0.25, 0.3) is 0 Å². The fraction of sp³-hybridized carbons (Fsp3) is 0.375. The van der Waals surface area contributed by atoms with E-state index in [1.54, 1.807) is 60.7 Å². The van der Waals surface area contributed by atoms with Gasteiger partial charge in [0.1, 0.15) is 11.6 Å². The SMILES string of the molecule is CCCC(O)C1CCC(c2ccc(-c3ccc(/C=C/c4ccc(OCC)cc4F)cc3)c(F)c2F)CC1. The topological polar surface area (TPSA) is 29.5 Å². The summed E-state index contributed by atoms with van der Waals surface area (Å²) in [4.78, 5) is 0. The second kappa shape index (κ2) is 12.5. The maximum Gasteiger partial charge on any atom is 0.166 e. The van der Waals surface area contributed by atoms with Crippen molar-refractivity contribution in [1.82, 2.24) is 0 Å². The molecule has 4 rings (SSSR count). The van der Waals surface area contributed by atoms with Gasteiger partial charge in [0.2, 0.25) is 0 Å². The van der Waals surface area contributed by atoms with Crippen molar-refractivity contribution >= 4 is 12.2 Å². The average Bonchev–Trinajstić information content (AvgIpc) is 2.91. The summed E-state index contributed by atoms with van der Waals surface area (Å²) in [5.41, 5.74) is 2.49. The summed E-state index contributed by atoms with van der Waals surface area (Å²) in [6.45, 7) is 4.37. The van der Waals surface area contributed by atoms with Gasteiger partial charge in [-0.3, -0.25) is 0 Å². The maximum atomic E-state index is 15.1. The number of hydrogen-bond donors (Lipinski definition) is 1. The number of halogens is 3. The minimum Gasteiger partial charge on any atom is -0.494 e. The number of aliphatic hydroxyl groups is 1. The van der Waals surface area contributed by atoms with Gasteiger partial charge >= 0.3 is 0 Å². The molecule has 1 unspecified atom stereocenters. The number of hydrogen-bond acceptors (Lipinski definition) is 2. The highest BCUT2D eigenvalue weighted by Gasteiger charge is 2.29. The van der Waals surface area contributed by atoms with Crippen LogP contribution in [0.2, 0.25) is 0 Å². The lowest BCUT2D eigenvalue weighted by molar-refractivity contribution is 0.0727. The van der Waals surface area contributed by atoms with Crippen LogP contribution in [0, 0.1) is 23.4 Å². The van der Waals surface area contributed by atoms with E-state index in [-0.39, 0.29) is 29.3 Å². The zero-order chi connectivity index (χ0) is 26.4. The summed E-state index contributed by atoms with van der Waals surface area (Å²) in [5, 5.41) is 10.3. The molecule has 2 nitrogen and oxygen atoms in total. The highest BCUT2D eigenvalue weighted by Crippen LogP contribution is 2.40. The molecule has 1 aliphatic rings. The molecule has 0 radical (unpaired) electrons. The van der Waals surface area contributed by atoms with E-state index in [4.69, 9.17) is 4.74 Å². The number of aliphatic hydroxyl groups excluding tert-OH is 1. The first-order valence-corrected chi connectivity index (χ1v) is 13.3. The number of rotatable bonds is 9. The Kier molecular flexibility index (Phi) is 9.09. The molecular formula is C32H35F3O2. The molecule has 0 heterocycles. The Morgan fingerprint density at radius 3 is 2.27 bits per heavy atom. The van der Waals surface area contributed by atoms with E-state index in [2.05, 4.69) is 6.92 Å². The van der Waals surface area contributed by atoms with Crippen LogP contribution in [0.3, 0.4) is 0 Å². The minimum atomic E-state index is -0.828. The van der Waals surface area contributed by atoms with E-state index < -0.39 is 11.6 Å². The van der Waals surface area contributed by atoms with Crippen LogP contribution in [0.25, 0.3) is 23.3 Å². The van der Waals surface area contributed by atoms with Gasteiger partial charge in [0.05, 0.1) is 12.7 Å². The van der Waals surface area contributed by atoms with E-state index >= 15 is 8.78 Å². The van der Waals surface area contributed by atoms with Gasteiger partial charge in [0, 0.05) is 17.2 Å². The van der Waals surface area contributed by atoms with Crippen LogP contribution in [0.1, 0.15) is 75.0 Å². The monoisotopic (exact) mass is 508 g/mol. The third-order valence-corrected chi connectivity index (χ3v) is 7.41. The molecule has 1 saturated carbocycles. The molecule has 0 amide bonds. The Hall–Kier alpha value is -3.05. The van der Waals surface area contributed by atoms with Crippen molar-refractivity contribution in [1.29, 1.82) is 0 Å². The summed E-state index contributed by atoms with van der Waals surface area (Å²) in [5.74, 6) is -1.26. The van der Waals surface area contributed by atoms with E-state index in [9.17, 15) is 9.50 Å². The molecule has 5 heteroatoms. The second-order valence-electron chi connectivity index (χ2n) is 9.87. The fourth-order valence-electron chi connectivity index (χ4n) is 5.31. The van der Waals surface area contributed by atoms with Crippen molar-refractivity contribution in [2.75, 3.05) is 6.61 Å². The molecule has 0 spiro atoms. The van der Waals surface area contributed by atoms with E-state index in [1.807, 2.05) is 6.92 Å². The molecule has 3 aromatic rings. The number of ether oxygens (including phenoxy) is 1. The molecule has 3 aromatic carbocycles. The molecule has 1 fully saturated rings. The third kappa shape index (κ3) is 6.45.